The minimum atomic E-state index is -0.546. The maximum atomic E-state index is 2.78. The highest BCUT2D eigenvalue weighted by atomic mass is 15.2. The Bertz CT molecular complexity index is 6830. The first-order valence-electron chi connectivity index (χ1n) is 45.8. The normalized spacial score (nSPS) is 14.3. The number of hydrogen-bond donors (Lipinski definition) is 0. The zero-order valence-electron chi connectivity index (χ0n) is 75.6. The first kappa shape index (κ1) is 78.2. The third-order valence-electron chi connectivity index (χ3n) is 29.3. The van der Waals surface area contributed by atoms with Crippen LogP contribution in [0.5, 0.6) is 0 Å². The van der Waals surface area contributed by atoms with E-state index in [0.29, 0.717) is 0 Å². The molecule has 6 aliphatic rings. The average Bonchev–Trinajstić information content (AvgIpc) is 1.55. The van der Waals surface area contributed by atoms with Crippen LogP contribution in [0.2, 0.25) is 0 Å². The summed E-state index contributed by atoms with van der Waals surface area (Å²) < 4.78 is 0. The van der Waals surface area contributed by atoms with Gasteiger partial charge in [-0.1, -0.05) is 444 Å². The SMILES string of the molecule is CC(C)(C)c1cccc(-c2cccc(-c3cccc(C(C)(C)C)c3)c2N2c3ccc(-c4cccc5c4-c4ccccc4C54c5ccccc5-c5ccccc54)cc3B3c4cc(-c5cccc6c5-c5ccccc5C65c6ccccc6-c6ccccc65)ccc4N(c4c(-c5cccc(C(C)(C)C)c5)cccc4-c4cccc(C(C)(C)C)c4)c4cc(C(C)(C)C)cc2c43)c1. The maximum absolute atomic E-state index is 2.78. The van der Waals surface area contributed by atoms with E-state index in [4.69, 9.17) is 0 Å². The lowest BCUT2D eigenvalue weighted by Crippen LogP contribution is -2.61. The molecule has 0 bridgehead atoms. The van der Waals surface area contributed by atoms with Crippen molar-refractivity contribution < 1.29 is 0 Å². The lowest BCUT2D eigenvalue weighted by atomic mass is 9.33. The fourth-order valence-electron chi connectivity index (χ4n) is 23.1. The summed E-state index contributed by atoms with van der Waals surface area (Å²) in [6.45, 7) is 35.2. The van der Waals surface area contributed by atoms with Crippen molar-refractivity contribution in [1.82, 2.24) is 0 Å². The number of benzene rings is 17. The van der Waals surface area contributed by atoms with Gasteiger partial charge in [0, 0.05) is 45.0 Å². The summed E-state index contributed by atoms with van der Waals surface area (Å²) in [5.41, 5.74) is 50.1. The number of anilines is 6. The van der Waals surface area contributed by atoms with Gasteiger partial charge in [0.2, 0.25) is 0 Å². The van der Waals surface area contributed by atoms with Gasteiger partial charge in [0.15, 0.2) is 0 Å². The lowest BCUT2D eigenvalue weighted by molar-refractivity contribution is 0.590. The Hall–Kier alpha value is -13.6. The summed E-state index contributed by atoms with van der Waals surface area (Å²) in [6, 6.07) is 143. The van der Waals surface area contributed by atoms with Crippen LogP contribution >= 0.6 is 0 Å². The second-order valence-electron chi connectivity index (χ2n) is 41.8. The largest absolute Gasteiger partial charge is 0.310 e. The lowest BCUT2D eigenvalue weighted by Gasteiger charge is -2.46. The van der Waals surface area contributed by atoms with Gasteiger partial charge in [-0.25, -0.2) is 0 Å². The van der Waals surface area contributed by atoms with Crippen molar-refractivity contribution in [3.63, 3.8) is 0 Å². The second kappa shape index (κ2) is 28.0. The molecule has 0 fully saturated rings. The molecule has 0 amide bonds. The molecule has 4 aliphatic carbocycles. The minimum absolute atomic E-state index is 0.135. The highest BCUT2D eigenvalue weighted by Gasteiger charge is 2.55. The molecule has 0 saturated carbocycles. The molecule has 17 aromatic rings. The van der Waals surface area contributed by atoms with E-state index < -0.39 is 10.8 Å². The van der Waals surface area contributed by atoms with Crippen LogP contribution in [-0.2, 0) is 37.9 Å². The first-order chi connectivity index (χ1) is 61.2. The third kappa shape index (κ3) is 11.6. The van der Waals surface area contributed by atoms with Gasteiger partial charge in [-0.2, -0.15) is 0 Å². The maximum Gasteiger partial charge on any atom is 0.252 e. The molecule has 23 rings (SSSR count). The van der Waals surface area contributed by atoms with Crippen molar-refractivity contribution in [1.29, 1.82) is 0 Å². The fourth-order valence-corrected chi connectivity index (χ4v) is 23.1. The summed E-state index contributed by atoms with van der Waals surface area (Å²) in [7, 11) is 0. The van der Waals surface area contributed by atoms with Gasteiger partial charge in [0.1, 0.15) is 0 Å². The van der Waals surface area contributed by atoms with Crippen molar-refractivity contribution in [3.05, 3.63) is 436 Å². The number of fused-ring (bicyclic) bond motifs is 24. The highest BCUT2D eigenvalue weighted by Crippen LogP contribution is 2.67. The van der Waals surface area contributed by atoms with E-state index in [1.165, 1.54) is 178 Å². The van der Waals surface area contributed by atoms with E-state index >= 15 is 0 Å². The fraction of sp³-hybridized carbons (Fsp3) is 0.177. The van der Waals surface area contributed by atoms with Gasteiger partial charge >= 0.3 is 0 Å². The molecule has 2 nitrogen and oxygen atoms in total. The van der Waals surface area contributed by atoms with Crippen LogP contribution in [0.25, 0.3) is 111 Å². The molecule has 0 radical (unpaired) electrons. The summed E-state index contributed by atoms with van der Waals surface area (Å²) >= 11 is 0. The molecule has 0 N–H and O–H groups in total. The molecule has 127 heavy (non-hydrogen) atoms. The van der Waals surface area contributed by atoms with Crippen LogP contribution in [0.3, 0.4) is 0 Å². The Morgan fingerprint density at radius 2 is 0.425 bits per heavy atom. The molecule has 2 heterocycles. The van der Waals surface area contributed by atoms with Gasteiger partial charge < -0.3 is 9.80 Å². The Kier molecular flexibility index (Phi) is 17.2. The molecule has 0 unspecified atom stereocenters. The van der Waals surface area contributed by atoms with Crippen LogP contribution in [0.1, 0.15) is 176 Å². The molecule has 0 aromatic heterocycles. The van der Waals surface area contributed by atoms with Crippen LogP contribution in [0.4, 0.5) is 34.1 Å². The standard InChI is InChI=1S/C124H105BN2/c1-118(2,3)82-40-28-36-76(68-82)89-52-32-53-90(77-37-29-41-83(69-77)119(4,5)6)116(89)126-109-66-64-80(87-50-34-62-105-113(87)97-48-20-26-60-103(97)123(105)99-56-22-16-44-93(99)94-45-17-23-57-100(94)123)72-107(109)125-108-73-81(88-51-35-63-106-114(88)98-49-21-27-61-104(98)124(106)101-58-24-18-46-95(101)96-47-19-25-59-102(96)124)65-67-110(108)127(112-75-86(122(13,14)15)74-111(126)115(112)125)117-91(78-38-30-42-84(70-78)120(7,8)9)54-33-55-92(117)79-39-31-43-85(71-79)121(10,11)12/h16-75H,1-15H3. The summed E-state index contributed by atoms with van der Waals surface area (Å²) in [5, 5.41) is 0. The van der Waals surface area contributed by atoms with E-state index in [1.807, 2.05) is 0 Å². The molecule has 2 aliphatic heterocycles. The number of rotatable bonds is 8. The van der Waals surface area contributed by atoms with Crippen molar-refractivity contribution in [2.24, 2.45) is 0 Å². The van der Waals surface area contributed by atoms with Crippen LogP contribution in [-0.4, -0.2) is 6.71 Å². The van der Waals surface area contributed by atoms with Crippen LogP contribution < -0.4 is 26.2 Å². The van der Waals surface area contributed by atoms with E-state index in [-0.39, 0.29) is 33.8 Å². The Morgan fingerprint density at radius 1 is 0.189 bits per heavy atom. The molecular weight excluding hydrogens is 1530 g/mol. The van der Waals surface area contributed by atoms with Crippen LogP contribution in [0.15, 0.2) is 364 Å². The summed E-state index contributed by atoms with van der Waals surface area (Å²) in [5.74, 6) is 0. The number of para-hydroxylation sites is 2. The highest BCUT2D eigenvalue weighted by molar-refractivity contribution is 7.00. The number of nitrogens with zero attached hydrogens (tertiary/aromatic N) is 2. The predicted octanol–water partition coefficient (Wildman–Crippen LogP) is 30.9. The predicted molar refractivity (Wildman–Crippen MR) is 539 cm³/mol. The molecule has 614 valence electrons. The van der Waals surface area contributed by atoms with E-state index in [9.17, 15) is 0 Å². The molecule has 0 saturated heterocycles. The first-order valence-corrected chi connectivity index (χ1v) is 45.8. The van der Waals surface area contributed by atoms with Gasteiger partial charge in [-0.3, -0.25) is 0 Å². The quantitative estimate of drug-likeness (QED) is 0.140. The zero-order chi connectivity index (χ0) is 86.9. The Morgan fingerprint density at radius 3 is 0.724 bits per heavy atom. The smallest absolute Gasteiger partial charge is 0.252 e. The molecule has 3 heteroatoms. The third-order valence-corrected chi connectivity index (χ3v) is 29.3. The van der Waals surface area contributed by atoms with Crippen molar-refractivity contribution in [3.8, 4) is 111 Å². The van der Waals surface area contributed by atoms with Crippen molar-refractivity contribution in [2.45, 2.75) is 142 Å². The van der Waals surface area contributed by atoms with Gasteiger partial charge in [0.05, 0.1) is 22.2 Å². The van der Waals surface area contributed by atoms with E-state index in [1.54, 1.807) is 0 Å². The Labute approximate surface area is 751 Å². The zero-order valence-corrected chi connectivity index (χ0v) is 75.6. The van der Waals surface area contributed by atoms with Gasteiger partial charge in [0.25, 0.3) is 6.71 Å². The van der Waals surface area contributed by atoms with Crippen molar-refractivity contribution >= 4 is 57.2 Å². The van der Waals surface area contributed by atoms with Crippen molar-refractivity contribution in [2.75, 3.05) is 9.80 Å². The summed E-state index contributed by atoms with van der Waals surface area (Å²) in [4.78, 5) is 5.57. The molecule has 17 aromatic carbocycles. The summed E-state index contributed by atoms with van der Waals surface area (Å²) in [6.07, 6.45) is 0. The topological polar surface area (TPSA) is 6.48 Å². The van der Waals surface area contributed by atoms with E-state index in [2.05, 4.69) is 478 Å². The molecular formula is C124H105BN2. The van der Waals surface area contributed by atoms with Gasteiger partial charge in [-0.15, -0.1) is 0 Å². The molecule has 0 atom stereocenters. The minimum Gasteiger partial charge on any atom is -0.310 e. The molecule has 2 spiro atoms. The van der Waals surface area contributed by atoms with Gasteiger partial charge in [-0.05, 0) is 229 Å². The monoisotopic (exact) mass is 1630 g/mol. The van der Waals surface area contributed by atoms with E-state index in [0.717, 1.165) is 56.4 Å². The Balaban J connectivity index is 0.880. The number of hydrogen-bond acceptors (Lipinski definition) is 2. The average molecular weight is 1630 g/mol. The second-order valence-corrected chi connectivity index (χ2v) is 41.8. The van der Waals surface area contributed by atoms with Crippen LogP contribution in [0, 0.1) is 0 Å².